The van der Waals surface area contributed by atoms with Gasteiger partial charge in [0.2, 0.25) is 11.8 Å². The molecule has 4 rings (SSSR count). The van der Waals surface area contributed by atoms with Crippen molar-refractivity contribution >= 4 is 27.5 Å². The quantitative estimate of drug-likeness (QED) is 0.349. The third-order valence-electron chi connectivity index (χ3n) is 6.72. The maximum atomic E-state index is 13.7. The van der Waals surface area contributed by atoms with Gasteiger partial charge in [0.15, 0.2) is 11.5 Å². The van der Waals surface area contributed by atoms with Gasteiger partial charge >= 0.3 is 6.18 Å². The van der Waals surface area contributed by atoms with Gasteiger partial charge in [-0.2, -0.15) is 13.2 Å². The number of hydrogen-bond donors (Lipinski definition) is 1. The van der Waals surface area contributed by atoms with Gasteiger partial charge in [0.05, 0.1) is 30.4 Å². The van der Waals surface area contributed by atoms with Gasteiger partial charge in [-0.1, -0.05) is 30.3 Å². The summed E-state index contributed by atoms with van der Waals surface area (Å²) in [5, 5.41) is 2.65. The highest BCUT2D eigenvalue weighted by Gasteiger charge is 2.33. The van der Waals surface area contributed by atoms with Crippen molar-refractivity contribution in [3.05, 3.63) is 83.4 Å². The predicted octanol–water partition coefficient (Wildman–Crippen LogP) is 4.36. The minimum absolute atomic E-state index is 0.0352. The Morgan fingerprint density at radius 1 is 0.976 bits per heavy atom. The number of carbonyl (C=O) groups excluding carboxylic acids is 2. The molecule has 0 atom stereocenters. The van der Waals surface area contributed by atoms with Crippen LogP contribution in [-0.4, -0.2) is 52.4 Å². The Labute approximate surface area is 241 Å². The van der Waals surface area contributed by atoms with Gasteiger partial charge in [-0.15, -0.1) is 0 Å². The lowest BCUT2D eigenvalue weighted by atomic mass is 10.1. The molecule has 2 amide bonds. The van der Waals surface area contributed by atoms with Crippen molar-refractivity contribution < 1.29 is 40.7 Å². The van der Waals surface area contributed by atoms with E-state index in [9.17, 15) is 31.2 Å². The van der Waals surface area contributed by atoms with Crippen molar-refractivity contribution in [2.45, 2.75) is 37.0 Å². The van der Waals surface area contributed by atoms with Crippen LogP contribution in [0.15, 0.2) is 71.6 Å². The maximum Gasteiger partial charge on any atom is 0.416 e. The highest BCUT2D eigenvalue weighted by atomic mass is 32.2. The van der Waals surface area contributed by atoms with Crippen LogP contribution in [0.3, 0.4) is 0 Å². The van der Waals surface area contributed by atoms with Gasteiger partial charge in [0.1, 0.15) is 6.54 Å². The molecule has 1 aliphatic heterocycles. The molecule has 0 aliphatic carbocycles. The second kappa shape index (κ2) is 12.7. The third kappa shape index (κ3) is 7.14. The number of halogens is 3. The second-order valence-electron chi connectivity index (χ2n) is 9.59. The third-order valence-corrected chi connectivity index (χ3v) is 8.49. The molecule has 1 N–H and O–H groups in total. The number of nitrogens with one attached hydrogen (secondary N) is 1. The molecule has 0 aromatic heterocycles. The first kappa shape index (κ1) is 30.7. The fourth-order valence-electron chi connectivity index (χ4n) is 4.57. The summed E-state index contributed by atoms with van der Waals surface area (Å²) in [5.41, 5.74) is 0.174. The zero-order chi connectivity index (χ0) is 30.5. The average molecular weight is 606 g/mol. The molecule has 0 saturated carbocycles. The van der Waals surface area contributed by atoms with Crippen LogP contribution in [0, 0.1) is 0 Å². The number of rotatable bonds is 11. The molecule has 0 bridgehead atoms. The molecule has 13 heteroatoms. The highest BCUT2D eigenvalue weighted by molar-refractivity contribution is 7.92. The van der Waals surface area contributed by atoms with E-state index in [4.69, 9.17) is 9.47 Å². The van der Waals surface area contributed by atoms with E-state index in [0.29, 0.717) is 35.4 Å². The molecule has 1 heterocycles. The normalized spacial score (nSPS) is 13.6. The predicted molar refractivity (Wildman–Crippen MR) is 148 cm³/mol. The number of hydrogen-bond acceptors (Lipinski definition) is 6. The minimum atomic E-state index is -4.73. The summed E-state index contributed by atoms with van der Waals surface area (Å²) in [6, 6.07) is 14.7. The van der Waals surface area contributed by atoms with Crippen molar-refractivity contribution in [1.29, 1.82) is 0 Å². The standard InChI is InChI=1S/C29H30F3N3O6S/c1-40-25-12-11-24(16-26(25)41-2)42(38,39)35(23-9-4-8-22(15-23)29(30,31)32)19-27(36)33-17-20-6-3-7-21(14-20)18-34-13-5-10-28(34)37/h3-4,6-9,11-12,14-16H,5,10,13,17-19H2,1-2H3,(H,33,36). The van der Waals surface area contributed by atoms with E-state index in [-0.39, 0.29) is 34.5 Å². The molecule has 3 aromatic carbocycles. The first-order chi connectivity index (χ1) is 19.9. The van der Waals surface area contributed by atoms with Crippen LogP contribution >= 0.6 is 0 Å². The lowest BCUT2D eigenvalue weighted by molar-refractivity contribution is -0.137. The van der Waals surface area contributed by atoms with E-state index in [1.165, 1.54) is 38.5 Å². The lowest BCUT2D eigenvalue weighted by Gasteiger charge is -2.25. The molecule has 1 aliphatic rings. The van der Waals surface area contributed by atoms with E-state index in [1.807, 2.05) is 12.1 Å². The molecule has 1 fully saturated rings. The van der Waals surface area contributed by atoms with E-state index in [2.05, 4.69) is 5.32 Å². The highest BCUT2D eigenvalue weighted by Crippen LogP contribution is 2.35. The monoisotopic (exact) mass is 605 g/mol. The van der Waals surface area contributed by atoms with E-state index in [0.717, 1.165) is 24.1 Å². The molecule has 9 nitrogen and oxygen atoms in total. The number of benzene rings is 3. The number of methoxy groups -OCH3 is 2. The zero-order valence-corrected chi connectivity index (χ0v) is 23.8. The minimum Gasteiger partial charge on any atom is -0.493 e. The summed E-state index contributed by atoms with van der Waals surface area (Å²) in [7, 11) is -1.87. The smallest absolute Gasteiger partial charge is 0.416 e. The summed E-state index contributed by atoms with van der Waals surface area (Å²) < 4.78 is 78.9. The second-order valence-corrected chi connectivity index (χ2v) is 11.5. The molecule has 224 valence electrons. The van der Waals surface area contributed by atoms with Gasteiger partial charge in [-0.25, -0.2) is 8.42 Å². The van der Waals surface area contributed by atoms with Crippen LogP contribution < -0.4 is 19.1 Å². The van der Waals surface area contributed by atoms with Crippen molar-refractivity contribution in [3.8, 4) is 11.5 Å². The van der Waals surface area contributed by atoms with Crippen LogP contribution in [-0.2, 0) is 38.9 Å². The molecular formula is C29H30F3N3O6S. The average Bonchev–Trinajstić information content (AvgIpc) is 3.37. The molecule has 1 saturated heterocycles. The Balaban J connectivity index is 1.58. The Hall–Kier alpha value is -4.26. The zero-order valence-electron chi connectivity index (χ0n) is 23.0. The first-order valence-electron chi connectivity index (χ1n) is 13.0. The first-order valence-corrected chi connectivity index (χ1v) is 14.4. The maximum absolute atomic E-state index is 13.7. The summed E-state index contributed by atoms with van der Waals surface area (Å²) in [5.74, 6) is -0.325. The number of alkyl halides is 3. The summed E-state index contributed by atoms with van der Waals surface area (Å²) >= 11 is 0. The van der Waals surface area contributed by atoms with Gasteiger partial charge in [0, 0.05) is 32.1 Å². The van der Waals surface area contributed by atoms with Gasteiger partial charge in [0.25, 0.3) is 10.0 Å². The van der Waals surface area contributed by atoms with Crippen molar-refractivity contribution in [2.75, 3.05) is 31.6 Å². The van der Waals surface area contributed by atoms with Crippen LogP contribution in [0.5, 0.6) is 11.5 Å². The number of carbonyl (C=O) groups is 2. The Morgan fingerprint density at radius 2 is 1.69 bits per heavy atom. The van der Waals surface area contributed by atoms with Crippen molar-refractivity contribution in [2.24, 2.45) is 0 Å². The van der Waals surface area contributed by atoms with Crippen LogP contribution in [0.4, 0.5) is 18.9 Å². The Kier molecular flexibility index (Phi) is 9.30. The fourth-order valence-corrected chi connectivity index (χ4v) is 6.00. The van der Waals surface area contributed by atoms with Crippen molar-refractivity contribution in [1.82, 2.24) is 10.2 Å². The largest absolute Gasteiger partial charge is 0.493 e. The number of nitrogens with zero attached hydrogens (tertiary/aromatic N) is 2. The van der Waals surface area contributed by atoms with Gasteiger partial charge < -0.3 is 19.7 Å². The number of likely N-dealkylation sites (tertiary alicyclic amines) is 1. The SMILES string of the molecule is COc1ccc(S(=O)(=O)N(CC(=O)NCc2cccc(CN3CCCC3=O)c2)c2cccc(C(F)(F)F)c2)cc1OC. The van der Waals surface area contributed by atoms with E-state index < -0.39 is 34.2 Å². The Morgan fingerprint density at radius 3 is 2.36 bits per heavy atom. The molecule has 0 unspecified atom stereocenters. The topological polar surface area (TPSA) is 105 Å². The fraction of sp³-hybridized carbons (Fsp3) is 0.310. The summed E-state index contributed by atoms with van der Waals surface area (Å²) in [6.07, 6.45) is -3.41. The number of anilines is 1. The summed E-state index contributed by atoms with van der Waals surface area (Å²) in [4.78, 5) is 26.5. The Bertz CT molecular complexity index is 1560. The molecular weight excluding hydrogens is 575 g/mol. The molecule has 0 spiro atoms. The number of sulfonamides is 1. The van der Waals surface area contributed by atoms with Crippen LogP contribution in [0.25, 0.3) is 0 Å². The van der Waals surface area contributed by atoms with E-state index >= 15 is 0 Å². The number of ether oxygens (including phenoxy) is 2. The lowest BCUT2D eigenvalue weighted by Crippen LogP contribution is -2.40. The van der Waals surface area contributed by atoms with Crippen molar-refractivity contribution in [3.63, 3.8) is 0 Å². The summed E-state index contributed by atoms with van der Waals surface area (Å²) in [6.45, 7) is 0.362. The van der Waals surface area contributed by atoms with Gasteiger partial charge in [-0.3, -0.25) is 13.9 Å². The molecule has 42 heavy (non-hydrogen) atoms. The van der Waals surface area contributed by atoms with Crippen LogP contribution in [0.1, 0.15) is 29.5 Å². The molecule has 0 radical (unpaired) electrons. The number of amides is 2. The van der Waals surface area contributed by atoms with Gasteiger partial charge in [-0.05, 0) is 47.9 Å². The molecule has 3 aromatic rings. The van der Waals surface area contributed by atoms with Crippen LogP contribution in [0.2, 0.25) is 0 Å². The van der Waals surface area contributed by atoms with E-state index in [1.54, 1.807) is 17.0 Å².